The average molecular weight is 367 g/mol. The molecule has 0 saturated carbocycles. The lowest BCUT2D eigenvalue weighted by Crippen LogP contribution is -1.94. The van der Waals surface area contributed by atoms with Gasteiger partial charge in [0.25, 0.3) is 0 Å². The minimum Gasteiger partial charge on any atom is -0.488 e. The van der Waals surface area contributed by atoms with Crippen LogP contribution in [0.2, 0.25) is 0 Å². The van der Waals surface area contributed by atoms with Gasteiger partial charge in [-0.1, -0.05) is 48.5 Å². The molecule has 0 aromatic heterocycles. The normalized spacial score (nSPS) is 8.59. The first-order valence-electron chi connectivity index (χ1n) is 5.12. The zero-order chi connectivity index (χ0) is 12.3. The third kappa shape index (κ3) is 7.08. The molecule has 85 valence electrons. The smallest absolute Gasteiger partial charge is 0.488 e. The second-order valence-corrected chi connectivity index (χ2v) is 11.2. The maximum atomic E-state index is 5.54. The molecule has 0 heterocycles. The summed E-state index contributed by atoms with van der Waals surface area (Å²) in [5.74, 6) is 0.788. The van der Waals surface area contributed by atoms with E-state index in [0.717, 1.165) is 5.75 Å². The van der Waals surface area contributed by atoms with Gasteiger partial charge in [-0.15, -0.1) is 0 Å². The number of benzene rings is 2. The van der Waals surface area contributed by atoms with Gasteiger partial charge in [-0.2, -0.15) is 0 Å². The van der Waals surface area contributed by atoms with Crippen LogP contribution in [-0.2, 0) is 6.61 Å². The molecule has 0 aliphatic heterocycles. The standard InChI is InChI=1S/C13H11O.2BrH.Mg/c1-3-7-12(8-4-1)11-14-13-9-5-2-6-10-13;;;/h1-9H,11H2;2*1H;/q;;;+2/p-2. The van der Waals surface area contributed by atoms with Crippen molar-refractivity contribution in [2.45, 2.75) is 6.61 Å². The zero-order valence-corrected chi connectivity index (χ0v) is 13.9. The first kappa shape index (κ1) is 15.0. The molecule has 0 fully saturated rings. The summed E-state index contributed by atoms with van der Waals surface area (Å²) >= 11 is 6.44. The van der Waals surface area contributed by atoms with Crippen LogP contribution in [0.15, 0.2) is 54.6 Å². The Kier molecular flexibility index (Phi) is 8.79. The minimum atomic E-state index is 0.0417. The Morgan fingerprint density at radius 3 is 2.24 bits per heavy atom. The van der Waals surface area contributed by atoms with Crippen LogP contribution in [0.1, 0.15) is 5.56 Å². The predicted molar refractivity (Wildman–Crippen MR) is 79.7 cm³/mol. The fraction of sp³-hybridized carbons (Fsp3) is 0.0769. The van der Waals surface area contributed by atoms with Crippen molar-refractivity contribution in [1.29, 1.82) is 0 Å². The molecule has 2 aromatic carbocycles. The number of hydrogen-bond acceptors (Lipinski definition) is 1. The van der Waals surface area contributed by atoms with E-state index in [1.54, 1.807) is 0 Å². The van der Waals surface area contributed by atoms with Crippen molar-refractivity contribution in [2.24, 2.45) is 0 Å². The highest BCUT2D eigenvalue weighted by atomic mass is 79.9. The lowest BCUT2D eigenvalue weighted by molar-refractivity contribution is 0.305. The second-order valence-electron chi connectivity index (χ2n) is 3.10. The summed E-state index contributed by atoms with van der Waals surface area (Å²) in [6.45, 7) is 0.599. The van der Waals surface area contributed by atoms with Crippen LogP contribution in [0.25, 0.3) is 0 Å². The Hall–Kier alpha value is -0.0338. The fourth-order valence-electron chi connectivity index (χ4n) is 1.20. The van der Waals surface area contributed by atoms with Crippen LogP contribution in [0.5, 0.6) is 5.75 Å². The maximum Gasteiger partial charge on any atom is 0.560 e. The number of hydrogen-bond donors (Lipinski definition) is 0. The van der Waals surface area contributed by atoms with Gasteiger partial charge in [0.15, 0.2) is 0 Å². The minimum absolute atomic E-state index is 0.0417. The van der Waals surface area contributed by atoms with Crippen LogP contribution in [0, 0.1) is 6.07 Å². The summed E-state index contributed by atoms with van der Waals surface area (Å²) < 4.78 is 5.54. The van der Waals surface area contributed by atoms with Gasteiger partial charge in [-0.3, -0.25) is 25.8 Å². The van der Waals surface area contributed by atoms with Gasteiger partial charge >= 0.3 is 16.0 Å². The largest absolute Gasteiger partial charge is 0.560 e. The molecule has 0 spiro atoms. The van der Waals surface area contributed by atoms with E-state index in [9.17, 15) is 0 Å². The van der Waals surface area contributed by atoms with E-state index < -0.39 is 0 Å². The molecule has 2 aromatic rings. The van der Waals surface area contributed by atoms with Crippen LogP contribution in [-0.4, -0.2) is 16.0 Å². The lowest BCUT2D eigenvalue weighted by Gasteiger charge is -2.04. The predicted octanol–water partition coefficient (Wildman–Crippen LogP) is 4.38. The highest BCUT2D eigenvalue weighted by molar-refractivity contribution is 9.47. The van der Waals surface area contributed by atoms with Gasteiger partial charge in [0.05, 0.1) is 0 Å². The van der Waals surface area contributed by atoms with E-state index in [2.05, 4.69) is 31.8 Å². The van der Waals surface area contributed by atoms with Crippen LogP contribution >= 0.6 is 25.8 Å². The molecule has 2 rings (SSSR count). The molecule has 0 aliphatic rings. The van der Waals surface area contributed by atoms with Crippen LogP contribution < -0.4 is 4.74 Å². The van der Waals surface area contributed by atoms with Gasteiger partial charge in [0.1, 0.15) is 12.4 Å². The summed E-state index contributed by atoms with van der Waals surface area (Å²) in [7, 11) is 0. The van der Waals surface area contributed by atoms with Crippen molar-refractivity contribution >= 4 is 41.8 Å². The number of halogens is 2. The molecule has 0 bridgehead atoms. The van der Waals surface area contributed by atoms with E-state index >= 15 is 0 Å². The Labute approximate surface area is 124 Å². The topological polar surface area (TPSA) is 9.23 Å². The number of ether oxygens (including phenoxy) is 1. The molecule has 4 heteroatoms. The van der Waals surface area contributed by atoms with Crippen molar-refractivity contribution in [3.05, 3.63) is 66.2 Å². The molecule has 1 nitrogen and oxygen atoms in total. The van der Waals surface area contributed by atoms with Gasteiger partial charge in [0, 0.05) is 6.07 Å². The molecule has 0 saturated heterocycles. The maximum absolute atomic E-state index is 5.54. The van der Waals surface area contributed by atoms with Crippen molar-refractivity contribution in [3.8, 4) is 5.75 Å². The van der Waals surface area contributed by atoms with E-state index in [4.69, 9.17) is 4.74 Å². The molecule has 0 atom stereocenters. The third-order valence-electron chi connectivity index (χ3n) is 1.92. The summed E-state index contributed by atoms with van der Waals surface area (Å²) in [5, 5.41) is 0. The van der Waals surface area contributed by atoms with Crippen molar-refractivity contribution in [1.82, 2.24) is 0 Å². The second kappa shape index (κ2) is 9.94. The molecular weight excluding hydrogens is 356 g/mol. The highest BCUT2D eigenvalue weighted by Crippen LogP contribution is 2.10. The molecule has 0 amide bonds. The van der Waals surface area contributed by atoms with Crippen LogP contribution in [0.4, 0.5) is 0 Å². The van der Waals surface area contributed by atoms with E-state index in [1.807, 2.05) is 54.6 Å². The van der Waals surface area contributed by atoms with Crippen molar-refractivity contribution in [3.63, 3.8) is 0 Å². The fourth-order valence-corrected chi connectivity index (χ4v) is 1.20. The third-order valence-corrected chi connectivity index (χ3v) is 1.92. The molecule has 0 unspecified atom stereocenters. The molecular formula is C13H11Br2MgO. The SMILES string of the molecule is [Br][Mg][Br].[c]1ccccc1OCc1ccccc1. The van der Waals surface area contributed by atoms with E-state index in [-0.39, 0.29) is 16.0 Å². The average Bonchev–Trinajstić information content (AvgIpc) is 2.40. The van der Waals surface area contributed by atoms with Gasteiger partial charge in [-0.05, 0) is 11.6 Å². The number of para-hydroxylation sites is 1. The molecule has 0 aliphatic carbocycles. The first-order chi connectivity index (χ1) is 8.36. The Balaban J connectivity index is 0.000000437. The lowest BCUT2D eigenvalue weighted by atomic mass is 10.2. The Morgan fingerprint density at radius 1 is 1.00 bits per heavy atom. The summed E-state index contributed by atoms with van der Waals surface area (Å²) in [6, 6.07) is 20.7. The molecule has 1 radical (unpaired) electrons. The van der Waals surface area contributed by atoms with Gasteiger partial charge < -0.3 is 4.74 Å². The number of rotatable bonds is 3. The Morgan fingerprint density at radius 2 is 1.65 bits per heavy atom. The summed E-state index contributed by atoms with van der Waals surface area (Å²) in [5.41, 5.74) is 1.17. The highest BCUT2D eigenvalue weighted by Gasteiger charge is 1.93. The van der Waals surface area contributed by atoms with E-state index in [0.29, 0.717) is 6.61 Å². The monoisotopic (exact) mass is 365 g/mol. The summed E-state index contributed by atoms with van der Waals surface area (Å²) in [4.78, 5) is 0. The molecule has 17 heavy (non-hydrogen) atoms. The van der Waals surface area contributed by atoms with Crippen LogP contribution in [0.3, 0.4) is 0 Å². The zero-order valence-electron chi connectivity index (χ0n) is 9.27. The molecule has 0 N–H and O–H groups in total. The van der Waals surface area contributed by atoms with Crippen molar-refractivity contribution in [2.75, 3.05) is 0 Å². The Bertz CT molecular complexity index is 355. The van der Waals surface area contributed by atoms with Crippen molar-refractivity contribution < 1.29 is 4.74 Å². The van der Waals surface area contributed by atoms with Gasteiger partial charge in [0.2, 0.25) is 0 Å². The van der Waals surface area contributed by atoms with E-state index in [1.165, 1.54) is 5.56 Å². The summed E-state index contributed by atoms with van der Waals surface area (Å²) in [6.07, 6.45) is 0. The van der Waals surface area contributed by atoms with Gasteiger partial charge in [-0.25, -0.2) is 0 Å². The quantitative estimate of drug-likeness (QED) is 0.732. The first-order valence-corrected chi connectivity index (χ1v) is 12.9.